The summed E-state index contributed by atoms with van der Waals surface area (Å²) in [4.78, 5) is 23.1. The van der Waals surface area contributed by atoms with Gasteiger partial charge in [-0.3, -0.25) is 19.6 Å². The molecule has 0 amide bonds. The van der Waals surface area contributed by atoms with Gasteiger partial charge in [0.1, 0.15) is 22.9 Å². The highest BCUT2D eigenvalue weighted by molar-refractivity contribution is 6.08. The van der Waals surface area contributed by atoms with Crippen molar-refractivity contribution in [1.82, 2.24) is 9.78 Å². The number of methoxy groups -OCH3 is 1. The van der Waals surface area contributed by atoms with Crippen molar-refractivity contribution in [3.05, 3.63) is 86.7 Å². The highest BCUT2D eigenvalue weighted by Crippen LogP contribution is 2.26. The Labute approximate surface area is 173 Å². The van der Waals surface area contributed by atoms with Crippen molar-refractivity contribution in [1.29, 1.82) is 0 Å². The summed E-state index contributed by atoms with van der Waals surface area (Å²) in [6, 6.07) is 11.7. The number of phenols is 1. The number of nitro groups is 1. The molecule has 0 radical (unpaired) electrons. The summed E-state index contributed by atoms with van der Waals surface area (Å²) < 4.78 is 6.97. The van der Waals surface area contributed by atoms with E-state index in [-0.39, 0.29) is 29.3 Å². The topological polar surface area (TPSA) is 107 Å². The lowest BCUT2D eigenvalue weighted by Gasteiger charge is -2.11. The Morgan fingerprint density at radius 3 is 2.63 bits per heavy atom. The molecule has 30 heavy (non-hydrogen) atoms. The quantitative estimate of drug-likeness (QED) is 0.274. The summed E-state index contributed by atoms with van der Waals surface area (Å²) in [6.45, 7) is 3.53. The van der Waals surface area contributed by atoms with Crippen molar-refractivity contribution in [2.24, 2.45) is 0 Å². The van der Waals surface area contributed by atoms with Gasteiger partial charge < -0.3 is 9.84 Å². The first-order valence-corrected chi connectivity index (χ1v) is 9.17. The number of phenolic OH excluding ortho intramolecular Hbond substituents is 1. The molecule has 3 rings (SSSR count). The van der Waals surface area contributed by atoms with Crippen LogP contribution in [0.25, 0.3) is 6.08 Å². The van der Waals surface area contributed by atoms with Gasteiger partial charge in [0.25, 0.3) is 0 Å². The zero-order valence-corrected chi connectivity index (χ0v) is 16.8. The van der Waals surface area contributed by atoms with E-state index in [2.05, 4.69) is 5.10 Å². The number of ketones is 1. The molecule has 3 aromatic rings. The van der Waals surface area contributed by atoms with Gasteiger partial charge in [0.15, 0.2) is 5.78 Å². The number of hydrogen-bond acceptors (Lipinski definition) is 6. The maximum Gasteiger partial charge on any atom is 0.312 e. The molecule has 0 saturated carbocycles. The fraction of sp³-hybridized carbons (Fsp3) is 0.182. The maximum absolute atomic E-state index is 12.3. The summed E-state index contributed by atoms with van der Waals surface area (Å²) in [5.74, 6) is 0.211. The van der Waals surface area contributed by atoms with Crippen LogP contribution in [0.3, 0.4) is 0 Å². The maximum atomic E-state index is 12.3. The molecule has 0 aliphatic heterocycles. The molecule has 8 nitrogen and oxygen atoms in total. The third-order valence-corrected chi connectivity index (χ3v) is 4.75. The van der Waals surface area contributed by atoms with E-state index in [1.807, 2.05) is 6.07 Å². The smallest absolute Gasteiger partial charge is 0.312 e. The van der Waals surface area contributed by atoms with Crippen LogP contribution in [0.2, 0.25) is 0 Å². The SMILES string of the molecule is COc1ccc(/C=C\C(=O)c2ccccc2O)cc1Cn1nc(C)c([N+](=O)[O-])c1C. The third kappa shape index (κ3) is 4.22. The van der Waals surface area contributed by atoms with Crippen molar-refractivity contribution >= 4 is 17.5 Å². The molecule has 0 spiro atoms. The highest BCUT2D eigenvalue weighted by Gasteiger charge is 2.22. The number of ether oxygens (including phenoxy) is 1. The number of para-hydroxylation sites is 1. The number of rotatable bonds is 7. The molecule has 0 aliphatic rings. The second-order valence-electron chi connectivity index (χ2n) is 6.72. The van der Waals surface area contributed by atoms with Crippen molar-refractivity contribution in [3.63, 3.8) is 0 Å². The fourth-order valence-electron chi connectivity index (χ4n) is 3.24. The zero-order valence-electron chi connectivity index (χ0n) is 16.8. The lowest BCUT2D eigenvalue weighted by atomic mass is 10.1. The number of aromatic hydroxyl groups is 1. The molecule has 0 aliphatic carbocycles. The molecule has 2 aromatic carbocycles. The molecule has 8 heteroatoms. The van der Waals surface area contributed by atoms with Gasteiger partial charge in [-0.1, -0.05) is 24.3 Å². The van der Waals surface area contributed by atoms with Crippen molar-refractivity contribution in [2.45, 2.75) is 20.4 Å². The minimum absolute atomic E-state index is 0.00159. The Hall–Kier alpha value is -3.94. The van der Waals surface area contributed by atoms with E-state index in [0.29, 0.717) is 17.1 Å². The summed E-state index contributed by atoms with van der Waals surface area (Å²) in [5.41, 5.74) is 2.52. The van der Waals surface area contributed by atoms with Gasteiger partial charge in [0.05, 0.1) is 24.1 Å². The van der Waals surface area contributed by atoms with Crippen LogP contribution in [0.1, 0.15) is 32.9 Å². The Morgan fingerprint density at radius 2 is 2.00 bits per heavy atom. The van der Waals surface area contributed by atoms with Crippen LogP contribution in [0.4, 0.5) is 5.69 Å². The van der Waals surface area contributed by atoms with E-state index in [0.717, 1.165) is 11.1 Å². The standard InChI is InChI=1S/C22H21N3O5/c1-14-22(25(28)29)15(2)24(23-14)13-17-12-16(9-11-21(17)30-3)8-10-20(27)18-6-4-5-7-19(18)26/h4-12,26H,13H2,1-3H3/b10-8-. The lowest BCUT2D eigenvalue weighted by molar-refractivity contribution is -0.386. The largest absolute Gasteiger partial charge is 0.507 e. The van der Waals surface area contributed by atoms with Crippen molar-refractivity contribution < 1.29 is 19.6 Å². The average molecular weight is 407 g/mol. The van der Waals surface area contributed by atoms with Gasteiger partial charge in [-0.25, -0.2) is 0 Å². The fourth-order valence-corrected chi connectivity index (χ4v) is 3.24. The Morgan fingerprint density at radius 1 is 1.27 bits per heavy atom. The first kappa shape index (κ1) is 20.8. The van der Waals surface area contributed by atoms with E-state index in [1.165, 1.54) is 12.1 Å². The number of nitrogens with zero attached hydrogens (tertiary/aromatic N) is 3. The molecule has 154 valence electrons. The number of carbonyl (C=O) groups is 1. The van der Waals surface area contributed by atoms with Crippen LogP contribution in [0.5, 0.6) is 11.5 Å². The predicted molar refractivity (Wildman–Crippen MR) is 112 cm³/mol. The van der Waals surface area contributed by atoms with E-state index in [9.17, 15) is 20.0 Å². The van der Waals surface area contributed by atoms with Crippen LogP contribution in [-0.2, 0) is 6.54 Å². The minimum Gasteiger partial charge on any atom is -0.507 e. The second kappa shape index (κ2) is 8.60. The Kier molecular flexibility index (Phi) is 5.96. The van der Waals surface area contributed by atoms with Crippen LogP contribution in [0, 0.1) is 24.0 Å². The number of allylic oxidation sites excluding steroid dienone is 1. The number of aryl methyl sites for hydroxylation is 1. The number of hydrogen-bond donors (Lipinski definition) is 1. The van der Waals surface area contributed by atoms with Gasteiger partial charge in [-0.2, -0.15) is 5.10 Å². The first-order chi connectivity index (χ1) is 14.3. The first-order valence-electron chi connectivity index (χ1n) is 9.17. The average Bonchev–Trinajstić information content (AvgIpc) is 2.99. The molecule has 0 atom stereocenters. The van der Waals surface area contributed by atoms with E-state index in [4.69, 9.17) is 4.74 Å². The number of carbonyl (C=O) groups excluding carboxylic acids is 1. The summed E-state index contributed by atoms with van der Waals surface area (Å²) >= 11 is 0. The molecular formula is C22H21N3O5. The molecule has 1 heterocycles. The summed E-state index contributed by atoms with van der Waals surface area (Å²) in [6.07, 6.45) is 3.02. The van der Waals surface area contributed by atoms with Gasteiger partial charge in [-0.05, 0) is 49.8 Å². The van der Waals surface area contributed by atoms with Crippen molar-refractivity contribution in [2.75, 3.05) is 7.11 Å². The van der Waals surface area contributed by atoms with Crippen LogP contribution in [-0.4, -0.2) is 32.7 Å². The lowest BCUT2D eigenvalue weighted by Crippen LogP contribution is -2.06. The summed E-state index contributed by atoms with van der Waals surface area (Å²) in [5, 5.41) is 25.3. The molecule has 0 bridgehead atoms. The van der Waals surface area contributed by atoms with Gasteiger partial charge in [0.2, 0.25) is 0 Å². The van der Waals surface area contributed by atoms with E-state index >= 15 is 0 Å². The second-order valence-corrected chi connectivity index (χ2v) is 6.72. The predicted octanol–water partition coefficient (Wildman–Crippen LogP) is 4.07. The molecule has 0 unspecified atom stereocenters. The number of benzene rings is 2. The molecule has 0 fully saturated rings. The van der Waals surface area contributed by atoms with E-state index in [1.54, 1.807) is 62.0 Å². The molecule has 1 aromatic heterocycles. The molecule has 1 N–H and O–H groups in total. The highest BCUT2D eigenvalue weighted by atomic mass is 16.6. The molecular weight excluding hydrogens is 386 g/mol. The third-order valence-electron chi connectivity index (χ3n) is 4.75. The Balaban J connectivity index is 1.89. The Bertz CT molecular complexity index is 1150. The summed E-state index contributed by atoms with van der Waals surface area (Å²) in [7, 11) is 1.54. The number of aromatic nitrogens is 2. The monoisotopic (exact) mass is 407 g/mol. The van der Waals surface area contributed by atoms with Crippen LogP contribution < -0.4 is 4.74 Å². The van der Waals surface area contributed by atoms with Crippen LogP contribution in [0.15, 0.2) is 48.5 Å². The van der Waals surface area contributed by atoms with Crippen LogP contribution >= 0.6 is 0 Å². The van der Waals surface area contributed by atoms with Gasteiger partial charge >= 0.3 is 5.69 Å². The minimum atomic E-state index is -0.435. The zero-order chi connectivity index (χ0) is 21.8. The van der Waals surface area contributed by atoms with Gasteiger partial charge in [0, 0.05) is 5.56 Å². The van der Waals surface area contributed by atoms with Crippen molar-refractivity contribution in [3.8, 4) is 11.5 Å². The van der Waals surface area contributed by atoms with E-state index < -0.39 is 4.92 Å². The van der Waals surface area contributed by atoms with Gasteiger partial charge in [-0.15, -0.1) is 0 Å². The normalized spacial score (nSPS) is 11.0. The molecule has 0 saturated heterocycles.